The maximum absolute atomic E-state index is 13.9. The minimum atomic E-state index is -3.67. The Labute approximate surface area is 228 Å². The Balaban J connectivity index is 1.39. The van der Waals surface area contributed by atoms with E-state index in [1.165, 1.54) is 0 Å². The van der Waals surface area contributed by atoms with Gasteiger partial charge in [-0.15, -0.1) is 0 Å². The second kappa shape index (κ2) is 9.91. The summed E-state index contributed by atoms with van der Waals surface area (Å²) in [5, 5.41) is 5.77. The summed E-state index contributed by atoms with van der Waals surface area (Å²) in [6.45, 7) is 5.29. The molecule has 0 radical (unpaired) electrons. The fraction of sp³-hybridized carbons (Fsp3) is 0.414. The molecule has 39 heavy (non-hydrogen) atoms. The molecule has 2 aromatic carbocycles. The van der Waals surface area contributed by atoms with E-state index in [0.717, 1.165) is 18.4 Å². The van der Waals surface area contributed by atoms with Crippen molar-refractivity contribution >= 4 is 27.4 Å². The van der Waals surface area contributed by atoms with Gasteiger partial charge in [-0.25, -0.2) is 23.2 Å². The molecule has 1 aliphatic heterocycles. The second-order valence-electron chi connectivity index (χ2n) is 10.8. The van der Waals surface area contributed by atoms with Crippen LogP contribution in [0.5, 0.6) is 0 Å². The number of hydrogen-bond acceptors (Lipinski definition) is 7. The molecule has 1 aromatic heterocycles. The number of anilines is 2. The van der Waals surface area contributed by atoms with Gasteiger partial charge in [0.05, 0.1) is 35.9 Å². The smallest absolute Gasteiger partial charge is 0.319 e. The molecule has 204 valence electrons. The minimum absolute atomic E-state index is 0.0711. The molecular formula is C29H33N5O4S. The number of nitrogens with zero attached hydrogens (tertiary/aromatic N) is 3. The third kappa shape index (κ3) is 4.98. The molecule has 2 heterocycles. The number of carbonyl (C=O) groups is 1. The number of morpholine rings is 1. The van der Waals surface area contributed by atoms with E-state index in [2.05, 4.69) is 29.4 Å². The number of rotatable bonds is 7. The topological polar surface area (TPSA) is 114 Å². The zero-order valence-electron chi connectivity index (χ0n) is 22.1. The van der Waals surface area contributed by atoms with Gasteiger partial charge in [-0.3, -0.25) is 0 Å². The number of carbonyl (C=O) groups excluding carboxylic acids is 1. The average Bonchev–Trinajstić information content (AvgIpc) is 3.85. The summed E-state index contributed by atoms with van der Waals surface area (Å²) in [4.78, 5) is 24.4. The summed E-state index contributed by atoms with van der Waals surface area (Å²) < 4.78 is 32.4. The lowest BCUT2D eigenvalue weighted by Gasteiger charge is -2.40. The quantitative estimate of drug-likeness (QED) is 0.448. The van der Waals surface area contributed by atoms with Crippen molar-refractivity contribution in [1.29, 1.82) is 0 Å². The van der Waals surface area contributed by atoms with Gasteiger partial charge in [0.2, 0.25) is 0 Å². The standard InChI is InChI=1S/C29H33N5O4S/c1-19-17-38-18-20(2)34(19)26-16-25(29(14-15-29)39(36,37)24-6-4-3-5-7-24)32-27(33-26)21-8-10-22(11-9-21)30-28(35)31-23-12-13-23/h3-11,16,19-20,23H,12-15,17-18H2,1-2H3,(H2,30,31,35)/t19-,20-/m0/s1. The van der Waals surface area contributed by atoms with Crippen LogP contribution < -0.4 is 15.5 Å². The van der Waals surface area contributed by atoms with Crippen molar-refractivity contribution in [1.82, 2.24) is 15.3 Å². The van der Waals surface area contributed by atoms with Crippen LogP contribution in [-0.2, 0) is 19.3 Å². The lowest BCUT2D eigenvalue weighted by molar-refractivity contribution is 0.0752. The molecule has 2 N–H and O–H groups in total. The second-order valence-corrected chi connectivity index (χ2v) is 13.1. The lowest BCUT2D eigenvalue weighted by atomic mass is 10.1. The van der Waals surface area contributed by atoms with Gasteiger partial charge in [0.15, 0.2) is 15.7 Å². The van der Waals surface area contributed by atoms with E-state index in [0.29, 0.717) is 54.0 Å². The largest absolute Gasteiger partial charge is 0.377 e. The van der Waals surface area contributed by atoms with Gasteiger partial charge >= 0.3 is 6.03 Å². The van der Waals surface area contributed by atoms with Crippen LogP contribution in [0.2, 0.25) is 0 Å². The number of urea groups is 1. The van der Waals surface area contributed by atoms with Crippen molar-refractivity contribution in [3.05, 3.63) is 66.4 Å². The van der Waals surface area contributed by atoms with E-state index in [4.69, 9.17) is 14.7 Å². The number of benzene rings is 2. The van der Waals surface area contributed by atoms with Crippen LogP contribution in [-0.4, -0.2) is 55.8 Å². The van der Waals surface area contributed by atoms with Crippen LogP contribution in [0, 0.1) is 0 Å². The molecule has 9 nitrogen and oxygen atoms in total. The van der Waals surface area contributed by atoms with Crippen LogP contribution in [0.15, 0.2) is 65.6 Å². The minimum Gasteiger partial charge on any atom is -0.377 e. The van der Waals surface area contributed by atoms with Crippen LogP contribution in [0.25, 0.3) is 11.4 Å². The molecule has 3 aliphatic rings. The highest BCUT2D eigenvalue weighted by Crippen LogP contribution is 2.55. The molecule has 3 aromatic rings. The van der Waals surface area contributed by atoms with Crippen LogP contribution in [0.1, 0.15) is 45.2 Å². The van der Waals surface area contributed by atoms with E-state index in [1.807, 2.05) is 36.4 Å². The predicted octanol–water partition coefficient (Wildman–Crippen LogP) is 4.50. The normalized spacial score (nSPS) is 22.3. The first-order valence-corrected chi connectivity index (χ1v) is 15.0. The van der Waals surface area contributed by atoms with Gasteiger partial charge in [-0.1, -0.05) is 18.2 Å². The van der Waals surface area contributed by atoms with Crippen molar-refractivity contribution in [2.75, 3.05) is 23.4 Å². The maximum Gasteiger partial charge on any atom is 0.319 e. The summed E-state index contributed by atoms with van der Waals surface area (Å²) in [6.07, 6.45) is 3.05. The Morgan fingerprint density at radius 2 is 1.64 bits per heavy atom. The Kier molecular flexibility index (Phi) is 6.55. The van der Waals surface area contributed by atoms with Crippen molar-refractivity contribution in [2.45, 2.75) is 67.3 Å². The molecule has 2 atom stereocenters. The van der Waals surface area contributed by atoms with E-state index >= 15 is 0 Å². The number of ether oxygens (including phenoxy) is 1. The van der Waals surface area contributed by atoms with E-state index < -0.39 is 14.6 Å². The van der Waals surface area contributed by atoms with Gasteiger partial charge < -0.3 is 20.3 Å². The summed E-state index contributed by atoms with van der Waals surface area (Å²) in [7, 11) is -3.67. The molecule has 2 saturated carbocycles. The van der Waals surface area contributed by atoms with Crippen LogP contribution in [0.3, 0.4) is 0 Å². The van der Waals surface area contributed by atoms with Gasteiger partial charge in [0.25, 0.3) is 0 Å². The summed E-state index contributed by atoms with van der Waals surface area (Å²) in [5.41, 5.74) is 1.92. The summed E-state index contributed by atoms with van der Waals surface area (Å²) in [6, 6.07) is 18.0. The van der Waals surface area contributed by atoms with Crippen molar-refractivity contribution in [3.8, 4) is 11.4 Å². The van der Waals surface area contributed by atoms with Gasteiger partial charge in [-0.05, 0) is 75.9 Å². The highest BCUT2D eigenvalue weighted by atomic mass is 32.2. The molecular weight excluding hydrogens is 514 g/mol. The fourth-order valence-electron chi connectivity index (χ4n) is 5.27. The maximum atomic E-state index is 13.9. The molecule has 1 saturated heterocycles. The molecule has 0 spiro atoms. The Morgan fingerprint density at radius 1 is 0.974 bits per heavy atom. The zero-order chi connectivity index (χ0) is 27.2. The van der Waals surface area contributed by atoms with Crippen LogP contribution in [0.4, 0.5) is 16.3 Å². The first-order chi connectivity index (χ1) is 18.8. The SMILES string of the molecule is C[C@H]1COC[C@H](C)N1c1cc(C2(S(=O)(=O)c3ccccc3)CC2)nc(-c2ccc(NC(=O)NC3CC3)cc2)n1. The Morgan fingerprint density at radius 3 is 2.26 bits per heavy atom. The first kappa shape index (κ1) is 25.8. The zero-order valence-corrected chi connectivity index (χ0v) is 22.9. The third-order valence-corrected chi connectivity index (χ3v) is 10.2. The Hall–Kier alpha value is -3.50. The van der Waals surface area contributed by atoms with Gasteiger partial charge in [-0.2, -0.15) is 0 Å². The number of hydrogen-bond donors (Lipinski definition) is 2. The lowest BCUT2D eigenvalue weighted by Crippen LogP contribution is -2.50. The van der Waals surface area contributed by atoms with Crippen molar-refractivity contribution in [3.63, 3.8) is 0 Å². The molecule has 6 rings (SSSR count). The fourth-order valence-corrected chi connectivity index (χ4v) is 7.26. The first-order valence-electron chi connectivity index (χ1n) is 13.5. The third-order valence-electron chi connectivity index (χ3n) is 7.70. The molecule has 0 unspecified atom stereocenters. The number of nitrogens with one attached hydrogen (secondary N) is 2. The molecule has 10 heteroatoms. The highest BCUT2D eigenvalue weighted by molar-refractivity contribution is 7.92. The van der Waals surface area contributed by atoms with Crippen molar-refractivity contribution < 1.29 is 17.9 Å². The predicted molar refractivity (Wildman–Crippen MR) is 149 cm³/mol. The summed E-state index contributed by atoms with van der Waals surface area (Å²) in [5.74, 6) is 1.15. The molecule has 2 amide bonds. The van der Waals surface area contributed by atoms with Gasteiger partial charge in [0.1, 0.15) is 10.6 Å². The molecule has 3 fully saturated rings. The van der Waals surface area contributed by atoms with E-state index in [-0.39, 0.29) is 24.2 Å². The number of amides is 2. The van der Waals surface area contributed by atoms with E-state index in [9.17, 15) is 13.2 Å². The average molecular weight is 548 g/mol. The van der Waals surface area contributed by atoms with E-state index in [1.54, 1.807) is 24.3 Å². The monoisotopic (exact) mass is 547 g/mol. The van der Waals surface area contributed by atoms with Gasteiger partial charge in [0, 0.05) is 23.4 Å². The van der Waals surface area contributed by atoms with Crippen molar-refractivity contribution in [2.24, 2.45) is 0 Å². The molecule has 2 aliphatic carbocycles. The molecule has 0 bridgehead atoms. The number of aromatic nitrogens is 2. The number of sulfone groups is 1. The highest BCUT2D eigenvalue weighted by Gasteiger charge is 2.58. The Bertz CT molecular complexity index is 1460. The van der Waals surface area contributed by atoms with Crippen LogP contribution >= 0.6 is 0 Å². The summed E-state index contributed by atoms with van der Waals surface area (Å²) >= 11 is 0.